The van der Waals surface area contributed by atoms with Gasteiger partial charge in [-0.1, -0.05) is 31.4 Å². The summed E-state index contributed by atoms with van der Waals surface area (Å²) < 4.78 is 12.5. The molecular formula is C16H20N2O2S. The molecule has 21 heavy (non-hydrogen) atoms. The van der Waals surface area contributed by atoms with Crippen LogP contribution in [0.25, 0.3) is 0 Å². The molecule has 112 valence electrons. The zero-order chi connectivity index (χ0) is 15.2. The largest absolute Gasteiger partial charge is 0.324 e. The predicted molar refractivity (Wildman–Crippen MR) is 84.3 cm³/mol. The van der Waals surface area contributed by atoms with Crippen molar-refractivity contribution in [1.82, 2.24) is 0 Å². The van der Waals surface area contributed by atoms with Gasteiger partial charge >= 0.3 is 0 Å². The summed E-state index contributed by atoms with van der Waals surface area (Å²) in [6, 6.07) is 8.89. The number of nitrogens with one attached hydrogen (secondary N) is 1. The van der Waals surface area contributed by atoms with Crippen LogP contribution in [-0.2, 0) is 15.6 Å². The fraction of sp³-hybridized carbons (Fsp3) is 0.500. The predicted octanol–water partition coefficient (Wildman–Crippen LogP) is 2.97. The molecule has 1 aromatic carbocycles. The van der Waals surface area contributed by atoms with Crippen LogP contribution in [0.3, 0.4) is 0 Å². The van der Waals surface area contributed by atoms with E-state index in [0.29, 0.717) is 11.3 Å². The Bertz CT molecular complexity index is 574. The van der Waals surface area contributed by atoms with Gasteiger partial charge < -0.3 is 5.32 Å². The van der Waals surface area contributed by atoms with Gasteiger partial charge in [0.1, 0.15) is 11.3 Å². The molecule has 5 heteroatoms. The molecule has 1 aliphatic rings. The zero-order valence-electron chi connectivity index (χ0n) is 12.2. The Balaban J connectivity index is 2.02. The Hall–Kier alpha value is -1.67. The van der Waals surface area contributed by atoms with E-state index in [1.165, 1.54) is 6.42 Å². The van der Waals surface area contributed by atoms with Crippen LogP contribution in [0.5, 0.6) is 0 Å². The Morgan fingerprint density at radius 1 is 1.33 bits per heavy atom. The van der Waals surface area contributed by atoms with Crippen molar-refractivity contribution in [2.75, 3.05) is 5.32 Å². The first-order valence-corrected chi connectivity index (χ1v) is 8.60. The van der Waals surface area contributed by atoms with E-state index in [4.69, 9.17) is 5.26 Å². The number of rotatable bonds is 4. The number of amides is 1. The summed E-state index contributed by atoms with van der Waals surface area (Å²) in [7, 11) is -1.16. The zero-order valence-corrected chi connectivity index (χ0v) is 13.0. The van der Waals surface area contributed by atoms with Crippen LogP contribution in [0.4, 0.5) is 5.69 Å². The molecule has 0 saturated heterocycles. The van der Waals surface area contributed by atoms with Crippen molar-refractivity contribution in [3.63, 3.8) is 0 Å². The van der Waals surface area contributed by atoms with Gasteiger partial charge in [0.2, 0.25) is 5.91 Å². The smallest absolute Gasteiger partial charge is 0.239 e. The summed E-state index contributed by atoms with van der Waals surface area (Å²) in [6.07, 6.45) is 5.28. The number of carbonyl (C=O) groups is 1. The molecule has 2 atom stereocenters. The Morgan fingerprint density at radius 2 is 2.00 bits per heavy atom. The quantitative estimate of drug-likeness (QED) is 0.929. The second kappa shape index (κ2) is 7.37. The van der Waals surface area contributed by atoms with Crippen molar-refractivity contribution in [2.45, 2.75) is 49.5 Å². The summed E-state index contributed by atoms with van der Waals surface area (Å²) in [6.45, 7) is 1.70. The Morgan fingerprint density at radius 3 is 2.67 bits per heavy atom. The molecule has 1 N–H and O–H groups in total. The number of nitriles is 1. The Labute approximate surface area is 128 Å². The van der Waals surface area contributed by atoms with E-state index in [-0.39, 0.29) is 11.2 Å². The summed E-state index contributed by atoms with van der Waals surface area (Å²) in [4.78, 5) is 12.3. The fourth-order valence-electron chi connectivity index (χ4n) is 2.62. The highest BCUT2D eigenvalue weighted by Gasteiger charge is 2.28. The van der Waals surface area contributed by atoms with Gasteiger partial charge in [0.15, 0.2) is 0 Å². The molecule has 0 heterocycles. The monoisotopic (exact) mass is 304 g/mol. The number of hydrogen-bond donors (Lipinski definition) is 1. The van der Waals surface area contributed by atoms with E-state index in [2.05, 4.69) is 5.32 Å². The molecule has 4 nitrogen and oxygen atoms in total. The molecule has 1 fully saturated rings. The normalized spacial score (nSPS) is 18.5. The second-order valence-corrected chi connectivity index (χ2v) is 7.41. The van der Waals surface area contributed by atoms with E-state index in [0.717, 1.165) is 25.7 Å². The van der Waals surface area contributed by atoms with Crippen LogP contribution in [-0.4, -0.2) is 20.6 Å². The summed E-state index contributed by atoms with van der Waals surface area (Å²) in [5, 5.41) is 11.3. The minimum absolute atomic E-state index is 0.130. The van der Waals surface area contributed by atoms with Crippen molar-refractivity contribution in [1.29, 1.82) is 5.26 Å². The lowest BCUT2D eigenvalue weighted by atomic mass is 10.0. The number of benzene rings is 1. The van der Waals surface area contributed by atoms with Gasteiger partial charge in [0.25, 0.3) is 0 Å². The Kier molecular flexibility index (Phi) is 5.51. The number of para-hydroxylation sites is 1. The summed E-state index contributed by atoms with van der Waals surface area (Å²) in [5.74, 6) is -0.276. The third-order valence-electron chi connectivity index (χ3n) is 3.90. The van der Waals surface area contributed by atoms with Crippen LogP contribution in [0, 0.1) is 11.3 Å². The molecule has 2 unspecified atom stereocenters. The molecule has 0 bridgehead atoms. The lowest BCUT2D eigenvalue weighted by Crippen LogP contribution is -2.35. The van der Waals surface area contributed by atoms with Gasteiger partial charge in [0, 0.05) is 16.0 Å². The minimum Gasteiger partial charge on any atom is -0.324 e. The SMILES string of the molecule is CC(C(=O)Nc1ccccc1C#N)S(=O)C1CCCCC1. The lowest BCUT2D eigenvalue weighted by molar-refractivity contribution is -0.115. The third kappa shape index (κ3) is 3.92. The van der Waals surface area contributed by atoms with Gasteiger partial charge in [-0.3, -0.25) is 9.00 Å². The van der Waals surface area contributed by atoms with Gasteiger partial charge in [-0.15, -0.1) is 0 Å². The minimum atomic E-state index is -1.16. The van der Waals surface area contributed by atoms with Crippen LogP contribution >= 0.6 is 0 Å². The third-order valence-corrected chi connectivity index (χ3v) is 5.94. The maximum Gasteiger partial charge on any atom is 0.239 e. The molecule has 1 aliphatic carbocycles. The lowest BCUT2D eigenvalue weighted by Gasteiger charge is -2.24. The molecule has 0 aliphatic heterocycles. The van der Waals surface area contributed by atoms with Gasteiger partial charge in [0.05, 0.1) is 11.3 Å². The molecule has 2 rings (SSSR count). The van der Waals surface area contributed by atoms with Crippen molar-refractivity contribution >= 4 is 22.4 Å². The standard InChI is InChI=1S/C16H20N2O2S/c1-12(21(20)14-8-3-2-4-9-14)16(19)18-15-10-6-5-7-13(15)11-17/h5-7,10,12,14H,2-4,8-9H2,1H3,(H,18,19). The topological polar surface area (TPSA) is 70.0 Å². The average Bonchev–Trinajstić information content (AvgIpc) is 2.54. The second-order valence-electron chi connectivity index (χ2n) is 5.38. The summed E-state index contributed by atoms with van der Waals surface area (Å²) >= 11 is 0. The first kappa shape index (κ1) is 15.7. The first-order chi connectivity index (χ1) is 10.1. The highest BCUT2D eigenvalue weighted by molar-refractivity contribution is 7.87. The van der Waals surface area contributed by atoms with Crippen LogP contribution in [0.1, 0.15) is 44.6 Å². The maximum atomic E-state index is 12.5. The number of anilines is 1. The van der Waals surface area contributed by atoms with Crippen molar-refractivity contribution < 1.29 is 9.00 Å². The highest BCUT2D eigenvalue weighted by Crippen LogP contribution is 2.24. The van der Waals surface area contributed by atoms with E-state index in [1.54, 1.807) is 31.2 Å². The van der Waals surface area contributed by atoms with Gasteiger partial charge in [-0.2, -0.15) is 5.26 Å². The molecule has 1 aromatic rings. The van der Waals surface area contributed by atoms with E-state index >= 15 is 0 Å². The number of carbonyl (C=O) groups excluding carboxylic acids is 1. The molecule has 1 saturated carbocycles. The fourth-order valence-corrected chi connectivity index (χ4v) is 4.26. The van der Waals surface area contributed by atoms with Crippen LogP contribution < -0.4 is 5.32 Å². The van der Waals surface area contributed by atoms with E-state index in [9.17, 15) is 9.00 Å². The molecule has 1 amide bonds. The van der Waals surface area contributed by atoms with E-state index in [1.807, 2.05) is 6.07 Å². The van der Waals surface area contributed by atoms with Crippen molar-refractivity contribution in [3.05, 3.63) is 29.8 Å². The molecular weight excluding hydrogens is 284 g/mol. The highest BCUT2D eigenvalue weighted by atomic mass is 32.2. The number of nitrogens with zero attached hydrogens (tertiary/aromatic N) is 1. The van der Waals surface area contributed by atoms with Crippen LogP contribution in [0.2, 0.25) is 0 Å². The maximum absolute atomic E-state index is 12.5. The average molecular weight is 304 g/mol. The number of hydrogen-bond acceptors (Lipinski definition) is 3. The van der Waals surface area contributed by atoms with Crippen LogP contribution in [0.15, 0.2) is 24.3 Å². The molecule has 0 aromatic heterocycles. The van der Waals surface area contributed by atoms with Crippen molar-refractivity contribution in [3.8, 4) is 6.07 Å². The van der Waals surface area contributed by atoms with Gasteiger partial charge in [-0.25, -0.2) is 0 Å². The molecule has 0 spiro atoms. The molecule has 0 radical (unpaired) electrons. The van der Waals surface area contributed by atoms with Crippen molar-refractivity contribution in [2.24, 2.45) is 0 Å². The summed E-state index contributed by atoms with van der Waals surface area (Å²) in [5.41, 5.74) is 0.902. The van der Waals surface area contributed by atoms with E-state index < -0.39 is 16.0 Å². The van der Waals surface area contributed by atoms with Gasteiger partial charge in [-0.05, 0) is 31.9 Å². The first-order valence-electron chi connectivity index (χ1n) is 7.33.